The lowest BCUT2D eigenvalue weighted by Crippen LogP contribution is -2.60. The maximum atomic E-state index is 12.9. The molecule has 1 unspecified atom stereocenters. The lowest BCUT2D eigenvalue weighted by Gasteiger charge is -2.38. The summed E-state index contributed by atoms with van der Waals surface area (Å²) in [5.41, 5.74) is -1.48. The molecule has 6 nitrogen and oxygen atoms in total. The molecule has 2 aliphatic rings. The van der Waals surface area contributed by atoms with Crippen molar-refractivity contribution >= 4 is 11.8 Å². The molecule has 0 aromatic heterocycles. The highest BCUT2D eigenvalue weighted by atomic mass is 16.5. The largest absolute Gasteiger partial charge is 0.382 e. The Hall–Kier alpha value is -1.61. The van der Waals surface area contributed by atoms with Gasteiger partial charge in [-0.05, 0) is 25.7 Å². The lowest BCUT2D eigenvalue weighted by molar-refractivity contribution is -0.149. The van der Waals surface area contributed by atoms with Gasteiger partial charge in [0, 0.05) is 27.1 Å². The first-order chi connectivity index (χ1) is 11.0. The van der Waals surface area contributed by atoms with Gasteiger partial charge in [0.25, 0.3) is 0 Å². The second kappa shape index (κ2) is 7.31. The fourth-order valence-corrected chi connectivity index (χ4v) is 4.11. The maximum absolute atomic E-state index is 12.9. The van der Waals surface area contributed by atoms with Gasteiger partial charge in [-0.3, -0.25) is 9.59 Å². The molecule has 0 aromatic carbocycles. The van der Waals surface area contributed by atoms with Crippen molar-refractivity contribution in [1.29, 1.82) is 5.26 Å². The molecule has 0 aromatic rings. The zero-order chi connectivity index (χ0) is 16.9. The number of nitriles is 1. The Bertz CT molecular complexity index is 494. The summed E-state index contributed by atoms with van der Waals surface area (Å²) in [7, 11) is 3.13. The van der Waals surface area contributed by atoms with Crippen LogP contribution in [0.15, 0.2) is 0 Å². The number of nitrogens with zero attached hydrogens (tertiary/aromatic N) is 2. The fraction of sp³-hybridized carbons (Fsp3) is 0.824. The van der Waals surface area contributed by atoms with Crippen LogP contribution in [0, 0.1) is 16.7 Å². The van der Waals surface area contributed by atoms with E-state index in [0.29, 0.717) is 13.0 Å². The standard InChI is InChI=1S/C17H27N3O3/c1-19-15(22)17(13-23-2)9-6-10-20(17)14(21)11-16(12-18)7-4-3-5-8-16/h3-11,13H2,1-2H3,(H,19,22). The second-order valence-corrected chi connectivity index (χ2v) is 6.82. The van der Waals surface area contributed by atoms with Crippen LogP contribution in [0.4, 0.5) is 0 Å². The molecule has 2 amide bonds. The van der Waals surface area contributed by atoms with Crippen molar-refractivity contribution in [2.75, 3.05) is 27.3 Å². The highest BCUT2D eigenvalue weighted by molar-refractivity contribution is 5.92. The number of carbonyl (C=O) groups excluding carboxylic acids is 2. The number of amides is 2. The lowest BCUT2D eigenvalue weighted by atomic mass is 9.72. The number of likely N-dealkylation sites (N-methyl/N-ethyl adjacent to an activating group) is 1. The van der Waals surface area contributed by atoms with E-state index >= 15 is 0 Å². The van der Waals surface area contributed by atoms with Crippen LogP contribution < -0.4 is 5.32 Å². The Morgan fingerprint density at radius 3 is 2.48 bits per heavy atom. The summed E-state index contributed by atoms with van der Waals surface area (Å²) in [5, 5.41) is 12.3. The van der Waals surface area contributed by atoms with E-state index in [-0.39, 0.29) is 24.8 Å². The molecule has 6 heteroatoms. The van der Waals surface area contributed by atoms with Gasteiger partial charge in [-0.15, -0.1) is 0 Å². The molecular weight excluding hydrogens is 294 g/mol. The summed E-state index contributed by atoms with van der Waals surface area (Å²) in [6.45, 7) is 0.745. The monoisotopic (exact) mass is 321 g/mol. The van der Waals surface area contributed by atoms with Crippen LogP contribution >= 0.6 is 0 Å². The highest BCUT2D eigenvalue weighted by Crippen LogP contribution is 2.41. The Kier molecular flexibility index (Phi) is 5.64. The predicted octanol–water partition coefficient (Wildman–Crippen LogP) is 1.60. The van der Waals surface area contributed by atoms with Gasteiger partial charge in [0.1, 0.15) is 5.54 Å². The summed E-state index contributed by atoms with van der Waals surface area (Å²) >= 11 is 0. The summed E-state index contributed by atoms with van der Waals surface area (Å²) in [6.07, 6.45) is 6.28. The Balaban J connectivity index is 2.19. The Morgan fingerprint density at radius 1 is 1.22 bits per heavy atom. The van der Waals surface area contributed by atoms with Gasteiger partial charge in [0.05, 0.1) is 18.1 Å². The highest BCUT2D eigenvalue weighted by Gasteiger charge is 2.50. The number of carbonyl (C=O) groups is 2. The van der Waals surface area contributed by atoms with Crippen molar-refractivity contribution in [3.63, 3.8) is 0 Å². The number of ether oxygens (including phenoxy) is 1. The number of methoxy groups -OCH3 is 1. The average molecular weight is 321 g/mol. The van der Waals surface area contributed by atoms with Crippen LogP contribution in [0.2, 0.25) is 0 Å². The zero-order valence-electron chi connectivity index (χ0n) is 14.2. The molecule has 1 saturated heterocycles. The molecule has 1 aliphatic carbocycles. The minimum absolute atomic E-state index is 0.0911. The molecule has 0 spiro atoms. The van der Waals surface area contributed by atoms with E-state index in [0.717, 1.165) is 38.5 Å². The number of rotatable bonds is 5. The molecule has 1 N–H and O–H groups in total. The van der Waals surface area contributed by atoms with Crippen LogP contribution in [-0.2, 0) is 14.3 Å². The molecule has 128 valence electrons. The van der Waals surface area contributed by atoms with Crippen molar-refractivity contribution in [3.8, 4) is 6.07 Å². The third-order valence-corrected chi connectivity index (χ3v) is 5.36. The number of likely N-dealkylation sites (tertiary alicyclic amines) is 1. The van der Waals surface area contributed by atoms with Crippen molar-refractivity contribution < 1.29 is 14.3 Å². The van der Waals surface area contributed by atoms with E-state index in [2.05, 4.69) is 11.4 Å². The zero-order valence-corrected chi connectivity index (χ0v) is 14.2. The number of nitrogens with one attached hydrogen (secondary N) is 1. The molecule has 1 saturated carbocycles. The Labute approximate surface area is 138 Å². The van der Waals surface area contributed by atoms with Gasteiger partial charge in [0.15, 0.2) is 0 Å². The van der Waals surface area contributed by atoms with E-state index < -0.39 is 11.0 Å². The van der Waals surface area contributed by atoms with E-state index in [1.165, 1.54) is 0 Å². The van der Waals surface area contributed by atoms with E-state index in [9.17, 15) is 14.9 Å². The summed E-state index contributed by atoms with van der Waals surface area (Å²) in [6, 6.07) is 2.40. The molecular formula is C17H27N3O3. The van der Waals surface area contributed by atoms with Gasteiger partial charge in [-0.25, -0.2) is 0 Å². The molecule has 1 heterocycles. The predicted molar refractivity (Wildman–Crippen MR) is 85.4 cm³/mol. The average Bonchev–Trinajstić information content (AvgIpc) is 3.00. The van der Waals surface area contributed by atoms with Gasteiger partial charge < -0.3 is 15.0 Å². The molecule has 1 atom stereocenters. The van der Waals surface area contributed by atoms with Crippen molar-refractivity contribution in [3.05, 3.63) is 0 Å². The molecule has 0 radical (unpaired) electrons. The minimum Gasteiger partial charge on any atom is -0.382 e. The summed E-state index contributed by atoms with van der Waals surface area (Å²) < 4.78 is 5.25. The molecule has 1 aliphatic heterocycles. The smallest absolute Gasteiger partial charge is 0.248 e. The first-order valence-corrected chi connectivity index (χ1v) is 8.46. The van der Waals surface area contributed by atoms with Gasteiger partial charge in [-0.2, -0.15) is 5.26 Å². The number of hydrogen-bond donors (Lipinski definition) is 1. The first-order valence-electron chi connectivity index (χ1n) is 8.46. The van der Waals surface area contributed by atoms with E-state index in [1.54, 1.807) is 19.1 Å². The van der Waals surface area contributed by atoms with Gasteiger partial charge in [0.2, 0.25) is 11.8 Å². The van der Waals surface area contributed by atoms with Gasteiger partial charge in [-0.1, -0.05) is 19.3 Å². The van der Waals surface area contributed by atoms with Crippen LogP contribution in [0.5, 0.6) is 0 Å². The van der Waals surface area contributed by atoms with Crippen LogP contribution in [-0.4, -0.2) is 49.6 Å². The first kappa shape index (κ1) is 17.7. The maximum Gasteiger partial charge on any atom is 0.248 e. The normalized spacial score (nSPS) is 26.6. The number of hydrogen-bond acceptors (Lipinski definition) is 4. The summed E-state index contributed by atoms with van der Waals surface area (Å²) in [4.78, 5) is 27.0. The van der Waals surface area contributed by atoms with Crippen molar-refractivity contribution in [1.82, 2.24) is 10.2 Å². The van der Waals surface area contributed by atoms with E-state index in [1.807, 2.05) is 0 Å². The van der Waals surface area contributed by atoms with Crippen molar-refractivity contribution in [2.45, 2.75) is 56.9 Å². The molecule has 2 fully saturated rings. The van der Waals surface area contributed by atoms with Crippen LogP contribution in [0.1, 0.15) is 51.4 Å². The van der Waals surface area contributed by atoms with E-state index in [4.69, 9.17) is 4.74 Å². The second-order valence-electron chi connectivity index (χ2n) is 6.82. The SMILES string of the molecule is CNC(=O)C1(COC)CCCN1C(=O)CC1(C#N)CCCCC1. The quantitative estimate of drug-likeness (QED) is 0.834. The summed E-state index contributed by atoms with van der Waals surface area (Å²) in [5.74, 6) is -0.272. The van der Waals surface area contributed by atoms with Crippen LogP contribution in [0.25, 0.3) is 0 Å². The van der Waals surface area contributed by atoms with Crippen LogP contribution in [0.3, 0.4) is 0 Å². The third-order valence-electron chi connectivity index (χ3n) is 5.36. The third kappa shape index (κ3) is 3.35. The molecule has 23 heavy (non-hydrogen) atoms. The molecule has 0 bridgehead atoms. The van der Waals surface area contributed by atoms with Crippen molar-refractivity contribution in [2.24, 2.45) is 5.41 Å². The minimum atomic E-state index is -0.925. The fourth-order valence-electron chi connectivity index (χ4n) is 4.11. The van der Waals surface area contributed by atoms with Gasteiger partial charge >= 0.3 is 0 Å². The molecule has 2 rings (SSSR count). The topological polar surface area (TPSA) is 82.4 Å². The Morgan fingerprint density at radius 2 is 1.91 bits per heavy atom.